The lowest BCUT2D eigenvalue weighted by atomic mass is 10.3. The molecule has 0 fully saturated rings. The van der Waals surface area contributed by atoms with Gasteiger partial charge in [0.1, 0.15) is 11.6 Å². The van der Waals surface area contributed by atoms with Gasteiger partial charge in [0.25, 0.3) is 0 Å². The molecule has 0 saturated heterocycles. The van der Waals surface area contributed by atoms with E-state index in [1.807, 2.05) is 13.0 Å². The number of aromatic nitrogens is 1. The van der Waals surface area contributed by atoms with Gasteiger partial charge in [-0.3, -0.25) is 0 Å². The molecule has 0 unspecified atom stereocenters. The third kappa shape index (κ3) is 5.78. The van der Waals surface area contributed by atoms with E-state index < -0.39 is 0 Å². The van der Waals surface area contributed by atoms with Gasteiger partial charge in [-0.05, 0) is 36.8 Å². The van der Waals surface area contributed by atoms with E-state index in [9.17, 15) is 4.39 Å². The molecular weight excluding hydrogens is 295 g/mol. The normalized spacial score (nSPS) is 11.1. The van der Waals surface area contributed by atoms with Gasteiger partial charge in [0.15, 0.2) is 5.96 Å². The summed E-state index contributed by atoms with van der Waals surface area (Å²) in [5.74, 6) is 1.01. The van der Waals surface area contributed by atoms with Gasteiger partial charge < -0.3 is 15.8 Å². The van der Waals surface area contributed by atoms with E-state index in [0.717, 1.165) is 11.1 Å². The Balaban J connectivity index is 1.90. The number of guanidine groups is 1. The van der Waals surface area contributed by atoms with Crippen LogP contribution in [0.25, 0.3) is 0 Å². The second-order valence-electron chi connectivity index (χ2n) is 5.07. The Morgan fingerprint density at radius 2 is 2.04 bits per heavy atom. The number of ether oxygens (including phenoxy) is 1. The number of hydrogen-bond donors (Lipinski definition) is 2. The predicted octanol–water partition coefficient (Wildman–Crippen LogP) is 2.99. The Kier molecular flexibility index (Phi) is 5.68. The molecule has 23 heavy (non-hydrogen) atoms. The summed E-state index contributed by atoms with van der Waals surface area (Å²) in [5.41, 5.74) is 7.61. The maximum absolute atomic E-state index is 12.8. The fourth-order valence-electron chi connectivity index (χ4n) is 1.66. The first-order chi connectivity index (χ1) is 11.0. The summed E-state index contributed by atoms with van der Waals surface area (Å²) in [7, 11) is 0. The van der Waals surface area contributed by atoms with Crippen LogP contribution < -0.4 is 15.8 Å². The van der Waals surface area contributed by atoms with E-state index in [0.29, 0.717) is 30.7 Å². The maximum Gasteiger partial charge on any atom is 0.219 e. The van der Waals surface area contributed by atoms with Gasteiger partial charge in [-0.15, -0.1) is 0 Å². The van der Waals surface area contributed by atoms with Crippen molar-refractivity contribution in [3.8, 4) is 11.6 Å². The molecule has 3 N–H and O–H groups in total. The third-order valence-corrected chi connectivity index (χ3v) is 2.84. The average molecular weight is 314 g/mol. The van der Waals surface area contributed by atoms with Crippen LogP contribution in [0, 0.1) is 5.82 Å². The minimum Gasteiger partial charge on any atom is -0.439 e. The largest absolute Gasteiger partial charge is 0.439 e. The van der Waals surface area contributed by atoms with Crippen molar-refractivity contribution in [2.75, 3.05) is 6.54 Å². The summed E-state index contributed by atoms with van der Waals surface area (Å²) < 4.78 is 18.3. The van der Waals surface area contributed by atoms with Crippen LogP contribution in [-0.4, -0.2) is 17.5 Å². The monoisotopic (exact) mass is 314 g/mol. The molecule has 0 aliphatic heterocycles. The summed E-state index contributed by atoms with van der Waals surface area (Å²) in [5, 5.41) is 2.95. The molecule has 0 saturated carbocycles. The zero-order valence-electron chi connectivity index (χ0n) is 12.9. The van der Waals surface area contributed by atoms with Crippen molar-refractivity contribution in [1.29, 1.82) is 0 Å². The number of benzene rings is 1. The summed E-state index contributed by atoms with van der Waals surface area (Å²) in [6, 6.07) is 9.33. The van der Waals surface area contributed by atoms with E-state index in [2.05, 4.69) is 21.9 Å². The van der Waals surface area contributed by atoms with Gasteiger partial charge in [0.2, 0.25) is 5.88 Å². The zero-order chi connectivity index (χ0) is 16.7. The fourth-order valence-corrected chi connectivity index (χ4v) is 1.66. The molecule has 0 aliphatic rings. The van der Waals surface area contributed by atoms with Crippen LogP contribution in [0.5, 0.6) is 11.6 Å². The van der Waals surface area contributed by atoms with Crippen molar-refractivity contribution in [1.82, 2.24) is 10.3 Å². The Labute approximate surface area is 134 Å². The minimum absolute atomic E-state index is 0.309. The van der Waals surface area contributed by atoms with Gasteiger partial charge in [-0.2, -0.15) is 0 Å². The lowest BCUT2D eigenvalue weighted by Gasteiger charge is -2.06. The molecule has 5 nitrogen and oxygen atoms in total. The SMILES string of the molecule is C=C(C)CNC(N)=NCc1ccc(Oc2ccc(F)cc2)nc1. The summed E-state index contributed by atoms with van der Waals surface area (Å²) in [4.78, 5) is 8.40. The maximum atomic E-state index is 12.8. The predicted molar refractivity (Wildman–Crippen MR) is 88.9 cm³/mol. The zero-order valence-corrected chi connectivity index (χ0v) is 12.9. The molecule has 2 rings (SSSR count). The number of nitrogens with one attached hydrogen (secondary N) is 1. The highest BCUT2D eigenvalue weighted by Gasteiger charge is 2.00. The molecule has 0 amide bonds. The van der Waals surface area contributed by atoms with Crippen molar-refractivity contribution in [2.45, 2.75) is 13.5 Å². The Morgan fingerprint density at radius 1 is 1.30 bits per heavy atom. The van der Waals surface area contributed by atoms with Crippen molar-refractivity contribution in [2.24, 2.45) is 10.7 Å². The van der Waals surface area contributed by atoms with E-state index in [4.69, 9.17) is 10.5 Å². The van der Waals surface area contributed by atoms with Gasteiger partial charge in [-0.1, -0.05) is 18.2 Å². The molecule has 2 aromatic rings. The molecule has 0 bridgehead atoms. The number of pyridine rings is 1. The van der Waals surface area contributed by atoms with Gasteiger partial charge in [-0.25, -0.2) is 14.4 Å². The van der Waals surface area contributed by atoms with Crippen LogP contribution >= 0.6 is 0 Å². The lowest BCUT2D eigenvalue weighted by molar-refractivity contribution is 0.461. The van der Waals surface area contributed by atoms with E-state index in [1.165, 1.54) is 12.1 Å². The van der Waals surface area contributed by atoms with Crippen molar-refractivity contribution in [3.05, 3.63) is 66.1 Å². The highest BCUT2D eigenvalue weighted by molar-refractivity contribution is 5.78. The van der Waals surface area contributed by atoms with Crippen LogP contribution in [-0.2, 0) is 6.54 Å². The first-order valence-electron chi connectivity index (χ1n) is 7.09. The fraction of sp³-hybridized carbons (Fsp3) is 0.176. The molecule has 0 radical (unpaired) electrons. The highest BCUT2D eigenvalue weighted by Crippen LogP contribution is 2.19. The van der Waals surface area contributed by atoms with Gasteiger partial charge >= 0.3 is 0 Å². The molecule has 1 aromatic carbocycles. The number of nitrogens with two attached hydrogens (primary N) is 1. The van der Waals surface area contributed by atoms with Crippen LogP contribution in [0.15, 0.2) is 59.7 Å². The molecule has 6 heteroatoms. The van der Waals surface area contributed by atoms with E-state index >= 15 is 0 Å². The topological polar surface area (TPSA) is 72.5 Å². The molecule has 0 spiro atoms. The number of halogens is 1. The second kappa shape index (κ2) is 7.93. The lowest BCUT2D eigenvalue weighted by Crippen LogP contribution is -2.32. The first kappa shape index (κ1) is 16.5. The van der Waals surface area contributed by atoms with Crippen molar-refractivity contribution >= 4 is 5.96 Å². The molecule has 0 atom stereocenters. The summed E-state index contributed by atoms with van der Waals surface area (Å²) in [6.45, 7) is 6.69. The summed E-state index contributed by atoms with van der Waals surface area (Å²) >= 11 is 0. The number of nitrogens with zero attached hydrogens (tertiary/aromatic N) is 2. The second-order valence-corrected chi connectivity index (χ2v) is 5.07. The minimum atomic E-state index is -0.309. The Hall–Kier alpha value is -2.89. The van der Waals surface area contributed by atoms with Crippen molar-refractivity contribution < 1.29 is 9.13 Å². The van der Waals surface area contributed by atoms with E-state index in [1.54, 1.807) is 24.4 Å². The number of rotatable bonds is 6. The quantitative estimate of drug-likeness (QED) is 0.488. The summed E-state index contributed by atoms with van der Waals surface area (Å²) in [6.07, 6.45) is 1.66. The highest BCUT2D eigenvalue weighted by atomic mass is 19.1. The standard InChI is InChI=1S/C17H19FN4O/c1-12(2)9-21-17(19)22-11-13-3-8-16(20-10-13)23-15-6-4-14(18)5-7-15/h3-8,10H,1,9,11H2,2H3,(H3,19,21,22). The molecule has 1 heterocycles. The average Bonchev–Trinajstić information content (AvgIpc) is 2.54. The molecule has 1 aromatic heterocycles. The van der Waals surface area contributed by atoms with E-state index in [-0.39, 0.29) is 5.82 Å². The molecule has 0 aliphatic carbocycles. The van der Waals surface area contributed by atoms with Crippen LogP contribution in [0.2, 0.25) is 0 Å². The smallest absolute Gasteiger partial charge is 0.219 e. The number of aliphatic imine (C=N–C) groups is 1. The molecular formula is C17H19FN4O. The first-order valence-corrected chi connectivity index (χ1v) is 7.09. The van der Waals surface area contributed by atoms with Crippen molar-refractivity contribution in [3.63, 3.8) is 0 Å². The van der Waals surface area contributed by atoms with Crippen LogP contribution in [0.3, 0.4) is 0 Å². The third-order valence-electron chi connectivity index (χ3n) is 2.84. The van der Waals surface area contributed by atoms with Gasteiger partial charge in [0.05, 0.1) is 6.54 Å². The Bertz CT molecular complexity index is 681. The molecule has 120 valence electrons. The van der Waals surface area contributed by atoms with Crippen LogP contribution in [0.1, 0.15) is 12.5 Å². The van der Waals surface area contributed by atoms with Gasteiger partial charge in [0, 0.05) is 18.8 Å². The Morgan fingerprint density at radius 3 is 2.65 bits per heavy atom. The van der Waals surface area contributed by atoms with Crippen LogP contribution in [0.4, 0.5) is 4.39 Å². The number of hydrogen-bond acceptors (Lipinski definition) is 3.